The SMILES string of the molecule is Cc1ccc(S(=O)(=O)[C@@H](C[C@@H](NC=O)S(=O)(=O)c2ccc(C)cc2)NC=O)cc1. The van der Waals surface area contributed by atoms with Crippen LogP contribution in [0.25, 0.3) is 0 Å². The molecule has 2 aromatic rings. The Morgan fingerprint density at radius 1 is 0.690 bits per heavy atom. The van der Waals surface area contributed by atoms with E-state index in [1.54, 1.807) is 38.1 Å². The van der Waals surface area contributed by atoms with E-state index in [0.29, 0.717) is 0 Å². The monoisotopic (exact) mass is 438 g/mol. The quantitative estimate of drug-likeness (QED) is 0.535. The number of aryl methyl sites for hydroxylation is 2. The lowest BCUT2D eigenvalue weighted by atomic mass is 10.2. The number of rotatable bonds is 10. The van der Waals surface area contributed by atoms with Gasteiger partial charge in [0.15, 0.2) is 19.7 Å². The largest absolute Gasteiger partial charge is 0.342 e. The van der Waals surface area contributed by atoms with Crippen LogP contribution in [-0.4, -0.2) is 40.4 Å². The number of hydrogen-bond acceptors (Lipinski definition) is 6. The molecule has 2 N–H and O–H groups in total. The Hall–Kier alpha value is -2.72. The number of amides is 2. The summed E-state index contributed by atoms with van der Waals surface area (Å²) in [6.07, 6.45) is -0.191. The zero-order chi connectivity index (χ0) is 21.7. The van der Waals surface area contributed by atoms with E-state index in [9.17, 15) is 26.4 Å². The molecular formula is C19H22N2O6S2. The number of carbonyl (C=O) groups excluding carboxylic acids is 2. The molecule has 156 valence electrons. The van der Waals surface area contributed by atoms with E-state index in [-0.39, 0.29) is 22.6 Å². The summed E-state index contributed by atoms with van der Waals surface area (Å²) in [6, 6.07) is 11.9. The van der Waals surface area contributed by atoms with Crippen LogP contribution in [-0.2, 0) is 29.3 Å². The molecule has 0 aromatic heterocycles. The minimum Gasteiger partial charge on any atom is -0.342 e. The fourth-order valence-corrected chi connectivity index (χ4v) is 5.87. The Balaban J connectivity index is 2.43. The first-order chi connectivity index (χ1) is 13.6. The van der Waals surface area contributed by atoms with Gasteiger partial charge < -0.3 is 10.6 Å². The molecule has 0 spiro atoms. The van der Waals surface area contributed by atoms with Gasteiger partial charge in [-0.1, -0.05) is 35.4 Å². The van der Waals surface area contributed by atoms with E-state index < -0.39 is 36.8 Å². The number of nitrogens with one attached hydrogen (secondary N) is 2. The molecular weight excluding hydrogens is 416 g/mol. The van der Waals surface area contributed by atoms with Crippen LogP contribution in [0.5, 0.6) is 0 Å². The summed E-state index contributed by atoms with van der Waals surface area (Å²) in [5.74, 6) is 0. The molecule has 0 aliphatic carbocycles. The van der Waals surface area contributed by atoms with Crippen molar-refractivity contribution >= 4 is 32.5 Å². The topological polar surface area (TPSA) is 126 Å². The predicted octanol–water partition coefficient (Wildman–Crippen LogP) is 1.09. The van der Waals surface area contributed by atoms with Gasteiger partial charge in [0.25, 0.3) is 0 Å². The first-order valence-corrected chi connectivity index (χ1v) is 11.7. The van der Waals surface area contributed by atoms with Crippen molar-refractivity contribution in [1.82, 2.24) is 10.6 Å². The fraction of sp³-hybridized carbons (Fsp3) is 0.263. The molecule has 8 nitrogen and oxygen atoms in total. The smallest absolute Gasteiger partial charge is 0.208 e. The van der Waals surface area contributed by atoms with Crippen molar-refractivity contribution in [3.05, 3.63) is 59.7 Å². The van der Waals surface area contributed by atoms with E-state index in [2.05, 4.69) is 10.6 Å². The van der Waals surface area contributed by atoms with Crippen LogP contribution in [0.15, 0.2) is 58.3 Å². The predicted molar refractivity (Wildman–Crippen MR) is 107 cm³/mol. The van der Waals surface area contributed by atoms with E-state index in [4.69, 9.17) is 0 Å². The van der Waals surface area contributed by atoms with Gasteiger partial charge in [-0.25, -0.2) is 16.8 Å². The highest BCUT2D eigenvalue weighted by atomic mass is 32.2. The Labute approximate surface area is 170 Å². The van der Waals surface area contributed by atoms with Crippen molar-refractivity contribution in [3.8, 4) is 0 Å². The molecule has 2 aromatic carbocycles. The molecule has 0 radical (unpaired) electrons. The Bertz CT molecular complexity index is 975. The van der Waals surface area contributed by atoms with Gasteiger partial charge in [-0.2, -0.15) is 0 Å². The van der Waals surface area contributed by atoms with Crippen molar-refractivity contribution in [2.75, 3.05) is 0 Å². The molecule has 2 rings (SSSR count). The highest BCUT2D eigenvalue weighted by Crippen LogP contribution is 2.23. The van der Waals surface area contributed by atoms with E-state index >= 15 is 0 Å². The molecule has 0 heterocycles. The van der Waals surface area contributed by atoms with Crippen LogP contribution < -0.4 is 10.6 Å². The third-order valence-corrected chi connectivity index (χ3v) is 8.40. The van der Waals surface area contributed by atoms with Gasteiger partial charge in [-0.05, 0) is 38.1 Å². The molecule has 0 unspecified atom stereocenters. The molecule has 2 amide bonds. The summed E-state index contributed by atoms with van der Waals surface area (Å²) < 4.78 is 51.8. The highest BCUT2D eigenvalue weighted by molar-refractivity contribution is 7.93. The van der Waals surface area contributed by atoms with Gasteiger partial charge >= 0.3 is 0 Å². The Morgan fingerprint density at radius 3 is 1.28 bits per heavy atom. The molecule has 0 aliphatic rings. The van der Waals surface area contributed by atoms with Crippen LogP contribution in [0, 0.1) is 13.8 Å². The van der Waals surface area contributed by atoms with Gasteiger partial charge in [0.05, 0.1) is 9.79 Å². The van der Waals surface area contributed by atoms with Gasteiger partial charge in [-0.3, -0.25) is 9.59 Å². The van der Waals surface area contributed by atoms with Crippen LogP contribution in [0.3, 0.4) is 0 Å². The second-order valence-corrected chi connectivity index (χ2v) is 10.8. The molecule has 0 saturated heterocycles. The maximum atomic E-state index is 12.9. The first kappa shape index (κ1) is 22.6. The zero-order valence-electron chi connectivity index (χ0n) is 15.9. The van der Waals surface area contributed by atoms with Crippen molar-refractivity contribution in [2.45, 2.75) is 40.8 Å². The Kier molecular flexibility index (Phi) is 7.15. The lowest BCUT2D eigenvalue weighted by Crippen LogP contribution is -2.45. The van der Waals surface area contributed by atoms with E-state index in [1.165, 1.54) is 24.3 Å². The van der Waals surface area contributed by atoms with Gasteiger partial charge in [-0.15, -0.1) is 0 Å². The number of carbonyl (C=O) groups is 2. The normalized spacial score (nSPS) is 13.9. The van der Waals surface area contributed by atoms with Crippen LogP contribution in [0.1, 0.15) is 17.5 Å². The minimum absolute atomic E-state index is 0.0694. The first-order valence-electron chi connectivity index (χ1n) is 8.63. The summed E-state index contributed by atoms with van der Waals surface area (Å²) in [7, 11) is -8.21. The number of benzene rings is 2. The zero-order valence-corrected chi connectivity index (χ0v) is 17.5. The fourth-order valence-electron chi connectivity index (χ4n) is 2.70. The average molecular weight is 439 g/mol. The van der Waals surface area contributed by atoms with Crippen LogP contribution in [0.2, 0.25) is 0 Å². The maximum absolute atomic E-state index is 12.9. The number of sulfone groups is 2. The standard InChI is InChI=1S/C19H22N2O6S2/c1-14-3-7-16(8-4-14)28(24,25)18(20-12-22)11-19(21-13-23)29(26,27)17-9-5-15(2)6-10-17/h3-10,12-13,18-19H,11H2,1-2H3,(H,20,22)(H,21,23)/t18-,19-/m0/s1. The van der Waals surface area contributed by atoms with Crippen molar-refractivity contribution in [2.24, 2.45) is 0 Å². The minimum atomic E-state index is -4.11. The highest BCUT2D eigenvalue weighted by Gasteiger charge is 2.36. The van der Waals surface area contributed by atoms with Gasteiger partial charge in [0.2, 0.25) is 12.8 Å². The average Bonchev–Trinajstić information content (AvgIpc) is 2.67. The molecule has 0 bridgehead atoms. The summed E-state index contributed by atoms with van der Waals surface area (Å²) in [5.41, 5.74) is 1.68. The Morgan fingerprint density at radius 2 is 1.00 bits per heavy atom. The lowest BCUT2D eigenvalue weighted by molar-refractivity contribution is -0.110. The number of hydrogen-bond donors (Lipinski definition) is 2. The maximum Gasteiger partial charge on any atom is 0.208 e. The summed E-state index contributed by atoms with van der Waals surface area (Å²) in [6.45, 7) is 3.57. The molecule has 0 fully saturated rings. The van der Waals surface area contributed by atoms with Crippen LogP contribution in [0.4, 0.5) is 0 Å². The van der Waals surface area contributed by atoms with Crippen molar-refractivity contribution < 1.29 is 26.4 Å². The summed E-state index contributed by atoms with van der Waals surface area (Å²) >= 11 is 0. The lowest BCUT2D eigenvalue weighted by Gasteiger charge is -2.23. The summed E-state index contributed by atoms with van der Waals surface area (Å²) in [5, 5.41) is 1.23. The van der Waals surface area contributed by atoms with Gasteiger partial charge in [0, 0.05) is 6.42 Å². The third-order valence-electron chi connectivity index (χ3n) is 4.38. The van der Waals surface area contributed by atoms with Crippen LogP contribution >= 0.6 is 0 Å². The molecule has 2 atom stereocenters. The third kappa shape index (κ3) is 5.21. The van der Waals surface area contributed by atoms with E-state index in [0.717, 1.165) is 11.1 Å². The second-order valence-electron chi connectivity index (χ2n) is 6.50. The molecule has 0 aliphatic heterocycles. The van der Waals surface area contributed by atoms with E-state index in [1.807, 2.05) is 0 Å². The second kappa shape index (κ2) is 9.19. The van der Waals surface area contributed by atoms with Crippen molar-refractivity contribution in [3.63, 3.8) is 0 Å². The molecule has 10 heteroatoms. The van der Waals surface area contributed by atoms with Crippen molar-refractivity contribution in [1.29, 1.82) is 0 Å². The molecule has 0 saturated carbocycles. The molecule has 29 heavy (non-hydrogen) atoms. The van der Waals surface area contributed by atoms with Gasteiger partial charge in [0.1, 0.15) is 10.7 Å². The summed E-state index contributed by atoms with van der Waals surface area (Å²) in [4.78, 5) is 21.9.